The van der Waals surface area contributed by atoms with E-state index in [9.17, 15) is 14.0 Å². The van der Waals surface area contributed by atoms with E-state index in [-0.39, 0.29) is 11.5 Å². The minimum absolute atomic E-state index is 0.108. The Labute approximate surface area is 170 Å². The van der Waals surface area contributed by atoms with Crippen LogP contribution in [0, 0.1) is 5.82 Å². The first-order valence-electron chi connectivity index (χ1n) is 8.92. The molecule has 0 unspecified atom stereocenters. The number of aromatic nitrogens is 1. The van der Waals surface area contributed by atoms with Crippen molar-refractivity contribution in [1.82, 2.24) is 9.99 Å². The molecular weight excluding hydrogens is 393 g/mol. The minimum atomic E-state index is -0.686. The lowest BCUT2D eigenvalue weighted by molar-refractivity contribution is -0.134. The Balaban J connectivity index is 1.35. The first kappa shape index (κ1) is 18.9. The Morgan fingerprint density at radius 3 is 2.59 bits per heavy atom. The number of hydrazone groups is 1. The topological polar surface area (TPSA) is 71.9 Å². The van der Waals surface area contributed by atoms with Crippen molar-refractivity contribution in [1.29, 1.82) is 0 Å². The van der Waals surface area contributed by atoms with Gasteiger partial charge in [0.2, 0.25) is 0 Å². The van der Waals surface area contributed by atoms with E-state index in [1.54, 1.807) is 17.5 Å². The third-order valence-corrected chi connectivity index (χ3v) is 5.22. The van der Waals surface area contributed by atoms with Crippen molar-refractivity contribution < 1.29 is 18.7 Å². The molecule has 4 rings (SSSR count). The average Bonchev–Trinajstić information content (AvgIpc) is 3.43. The van der Waals surface area contributed by atoms with Gasteiger partial charge in [0.1, 0.15) is 10.8 Å². The van der Waals surface area contributed by atoms with Gasteiger partial charge in [0.15, 0.2) is 12.3 Å². The predicted octanol–water partition coefficient (Wildman–Crippen LogP) is 3.74. The molecule has 8 heteroatoms. The number of carbonyl (C=O) groups excluding carboxylic acids is 2. The largest absolute Gasteiger partial charge is 0.451 e. The molecule has 2 aromatic carbocycles. The summed E-state index contributed by atoms with van der Waals surface area (Å²) in [6.07, 6.45) is 0.650. The molecule has 0 saturated carbocycles. The van der Waals surface area contributed by atoms with Crippen LogP contribution in [0.4, 0.5) is 4.39 Å². The molecule has 2 heterocycles. The van der Waals surface area contributed by atoms with Crippen LogP contribution in [-0.2, 0) is 9.53 Å². The standard InChI is InChI=1S/C21H16FN3O3S/c22-16-8-6-15(7-9-16)20-23-18(13-29-20)21(27)28-12-19(26)25-11-10-17(24-25)14-4-2-1-3-5-14/h1-9,13H,10-12H2. The van der Waals surface area contributed by atoms with Gasteiger partial charge < -0.3 is 4.74 Å². The summed E-state index contributed by atoms with van der Waals surface area (Å²) in [5, 5.41) is 7.76. The summed E-state index contributed by atoms with van der Waals surface area (Å²) in [4.78, 5) is 28.7. The van der Waals surface area contributed by atoms with E-state index in [0.29, 0.717) is 23.5 Å². The Hall–Kier alpha value is -3.39. The third kappa shape index (κ3) is 4.38. The van der Waals surface area contributed by atoms with Gasteiger partial charge in [-0.2, -0.15) is 5.10 Å². The lowest BCUT2D eigenvalue weighted by Gasteiger charge is -2.11. The van der Waals surface area contributed by atoms with E-state index in [2.05, 4.69) is 10.1 Å². The normalized spacial score (nSPS) is 13.3. The van der Waals surface area contributed by atoms with Crippen LogP contribution in [0.5, 0.6) is 0 Å². The van der Waals surface area contributed by atoms with Crippen LogP contribution in [0.15, 0.2) is 65.1 Å². The molecule has 0 saturated heterocycles. The molecule has 0 spiro atoms. The number of hydrogen-bond donors (Lipinski definition) is 0. The summed E-state index contributed by atoms with van der Waals surface area (Å²) in [6.45, 7) is 0.0415. The molecule has 1 aliphatic rings. The van der Waals surface area contributed by atoms with Gasteiger partial charge in [0, 0.05) is 17.4 Å². The summed E-state index contributed by atoms with van der Waals surface area (Å²) < 4.78 is 18.1. The summed E-state index contributed by atoms with van der Waals surface area (Å²) in [5.41, 5.74) is 2.60. The number of benzene rings is 2. The number of esters is 1. The van der Waals surface area contributed by atoms with Gasteiger partial charge in [-0.15, -0.1) is 11.3 Å². The molecular formula is C21H16FN3O3S. The van der Waals surface area contributed by atoms with Crippen molar-refractivity contribution in [2.24, 2.45) is 5.10 Å². The smallest absolute Gasteiger partial charge is 0.358 e. The number of ether oxygens (including phenoxy) is 1. The fraction of sp³-hybridized carbons (Fsp3) is 0.143. The zero-order chi connectivity index (χ0) is 20.2. The van der Waals surface area contributed by atoms with Crippen LogP contribution >= 0.6 is 11.3 Å². The maximum Gasteiger partial charge on any atom is 0.358 e. The zero-order valence-corrected chi connectivity index (χ0v) is 16.1. The number of halogens is 1. The van der Waals surface area contributed by atoms with Crippen molar-refractivity contribution in [3.8, 4) is 10.6 Å². The van der Waals surface area contributed by atoms with Crippen molar-refractivity contribution in [2.45, 2.75) is 6.42 Å². The Kier molecular flexibility index (Phi) is 5.44. The molecule has 0 fully saturated rings. The second kappa shape index (κ2) is 8.32. The molecule has 0 radical (unpaired) electrons. The molecule has 0 aliphatic carbocycles. The number of thiazole rings is 1. The SMILES string of the molecule is O=C(OCC(=O)N1CCC(c2ccccc2)=N1)c1csc(-c2ccc(F)cc2)n1. The highest BCUT2D eigenvalue weighted by molar-refractivity contribution is 7.13. The average molecular weight is 409 g/mol. The summed E-state index contributed by atoms with van der Waals surface area (Å²) in [7, 11) is 0. The fourth-order valence-corrected chi connectivity index (χ4v) is 3.63. The highest BCUT2D eigenvalue weighted by Gasteiger charge is 2.23. The van der Waals surface area contributed by atoms with Gasteiger partial charge in [-0.3, -0.25) is 4.79 Å². The molecule has 29 heavy (non-hydrogen) atoms. The number of carbonyl (C=O) groups is 2. The van der Waals surface area contributed by atoms with Crippen molar-refractivity contribution in [3.63, 3.8) is 0 Å². The molecule has 3 aromatic rings. The number of rotatable bonds is 5. The summed E-state index contributed by atoms with van der Waals surface area (Å²) >= 11 is 1.24. The highest BCUT2D eigenvalue weighted by atomic mass is 32.1. The van der Waals surface area contributed by atoms with E-state index in [1.165, 1.54) is 28.5 Å². The quantitative estimate of drug-likeness (QED) is 0.602. The summed E-state index contributed by atoms with van der Waals surface area (Å²) in [5.74, 6) is -1.42. The molecule has 146 valence electrons. The van der Waals surface area contributed by atoms with Gasteiger partial charge in [0.05, 0.1) is 12.3 Å². The minimum Gasteiger partial charge on any atom is -0.451 e. The first-order chi connectivity index (χ1) is 14.1. The molecule has 1 aliphatic heterocycles. The van der Waals surface area contributed by atoms with Crippen LogP contribution in [-0.4, -0.2) is 40.7 Å². The highest BCUT2D eigenvalue weighted by Crippen LogP contribution is 2.24. The van der Waals surface area contributed by atoms with Crippen LogP contribution in [0.3, 0.4) is 0 Å². The van der Waals surface area contributed by atoms with E-state index in [4.69, 9.17) is 4.74 Å². The number of amides is 1. The zero-order valence-electron chi connectivity index (χ0n) is 15.2. The maximum absolute atomic E-state index is 13.0. The summed E-state index contributed by atoms with van der Waals surface area (Å²) in [6, 6.07) is 15.4. The molecule has 6 nitrogen and oxygen atoms in total. The van der Waals surface area contributed by atoms with Gasteiger partial charge in [0.25, 0.3) is 5.91 Å². The second-order valence-electron chi connectivity index (χ2n) is 6.30. The van der Waals surface area contributed by atoms with Crippen molar-refractivity contribution in [2.75, 3.05) is 13.2 Å². The van der Waals surface area contributed by atoms with Gasteiger partial charge in [-0.1, -0.05) is 30.3 Å². The Bertz CT molecular complexity index is 1060. The van der Waals surface area contributed by atoms with Crippen LogP contribution < -0.4 is 0 Å². The number of nitrogens with zero attached hydrogens (tertiary/aromatic N) is 3. The molecule has 0 atom stereocenters. The molecule has 0 N–H and O–H groups in total. The Morgan fingerprint density at radius 1 is 1.07 bits per heavy atom. The lowest BCUT2D eigenvalue weighted by atomic mass is 10.1. The van der Waals surface area contributed by atoms with Crippen molar-refractivity contribution >= 4 is 28.9 Å². The fourth-order valence-electron chi connectivity index (χ4n) is 2.84. The third-order valence-electron chi connectivity index (χ3n) is 4.33. The van der Waals surface area contributed by atoms with E-state index in [0.717, 1.165) is 11.3 Å². The van der Waals surface area contributed by atoms with Crippen molar-refractivity contribution in [3.05, 3.63) is 77.1 Å². The van der Waals surface area contributed by atoms with Crippen LogP contribution in [0.25, 0.3) is 10.6 Å². The van der Waals surface area contributed by atoms with Gasteiger partial charge >= 0.3 is 5.97 Å². The van der Waals surface area contributed by atoms with Crippen LogP contribution in [0.1, 0.15) is 22.5 Å². The van der Waals surface area contributed by atoms with Gasteiger partial charge in [-0.05, 0) is 29.8 Å². The van der Waals surface area contributed by atoms with Gasteiger partial charge in [-0.25, -0.2) is 19.2 Å². The lowest BCUT2D eigenvalue weighted by Crippen LogP contribution is -2.28. The molecule has 0 bridgehead atoms. The second-order valence-corrected chi connectivity index (χ2v) is 7.16. The number of hydrogen-bond acceptors (Lipinski definition) is 6. The van der Waals surface area contributed by atoms with E-state index < -0.39 is 18.5 Å². The molecule has 1 aromatic heterocycles. The molecule has 1 amide bonds. The van der Waals surface area contributed by atoms with E-state index >= 15 is 0 Å². The van der Waals surface area contributed by atoms with Crippen LogP contribution in [0.2, 0.25) is 0 Å². The monoisotopic (exact) mass is 409 g/mol. The van der Waals surface area contributed by atoms with E-state index in [1.807, 2.05) is 30.3 Å². The Morgan fingerprint density at radius 2 is 1.83 bits per heavy atom. The maximum atomic E-state index is 13.0. The predicted molar refractivity (Wildman–Crippen MR) is 107 cm³/mol. The first-order valence-corrected chi connectivity index (χ1v) is 9.80.